The van der Waals surface area contributed by atoms with Crippen molar-refractivity contribution in [1.29, 1.82) is 0 Å². The molecule has 0 heterocycles. The summed E-state index contributed by atoms with van der Waals surface area (Å²) in [5.41, 5.74) is 1.54. The van der Waals surface area contributed by atoms with E-state index in [2.05, 4.69) is 4.74 Å². The molecule has 20 heavy (non-hydrogen) atoms. The van der Waals surface area contributed by atoms with Crippen LogP contribution >= 0.6 is 0 Å². The molecule has 0 N–H and O–H groups in total. The highest BCUT2D eigenvalue weighted by atomic mass is 19.4. The summed E-state index contributed by atoms with van der Waals surface area (Å²) in [5, 5.41) is 0. The van der Waals surface area contributed by atoms with Crippen molar-refractivity contribution in [2.45, 2.75) is 27.1 Å². The number of carbonyl (C=O) groups excluding carboxylic acids is 1. The second-order valence-electron chi connectivity index (χ2n) is 4.17. The van der Waals surface area contributed by atoms with Gasteiger partial charge >= 0.3 is 12.3 Å². The average Bonchev–Trinajstić information content (AvgIpc) is 2.29. The van der Waals surface area contributed by atoms with Crippen molar-refractivity contribution in [1.82, 2.24) is 0 Å². The maximum absolute atomic E-state index is 12.1. The van der Waals surface area contributed by atoms with Crippen LogP contribution in [0.3, 0.4) is 0 Å². The summed E-state index contributed by atoms with van der Waals surface area (Å²) in [5.74, 6) is -0.838. The summed E-state index contributed by atoms with van der Waals surface area (Å²) in [7, 11) is 0. The molecule has 0 bridgehead atoms. The molecule has 0 aliphatic heterocycles. The van der Waals surface area contributed by atoms with E-state index in [9.17, 15) is 18.0 Å². The highest BCUT2D eigenvalue weighted by molar-refractivity contribution is 6.17. The summed E-state index contributed by atoms with van der Waals surface area (Å²) in [4.78, 5) is 11.8. The fraction of sp³-hybridized carbons (Fsp3) is 0.357. The highest BCUT2D eigenvalue weighted by Crippen LogP contribution is 2.26. The monoisotopic (exact) mass is 288 g/mol. The smallest absolute Gasteiger partial charge is 0.462 e. The van der Waals surface area contributed by atoms with Crippen LogP contribution in [0.5, 0.6) is 5.75 Å². The topological polar surface area (TPSA) is 35.5 Å². The Balaban J connectivity index is 3.01. The largest absolute Gasteiger partial charge is 0.573 e. The van der Waals surface area contributed by atoms with Crippen LogP contribution in [0.2, 0.25) is 0 Å². The van der Waals surface area contributed by atoms with Gasteiger partial charge in [0.1, 0.15) is 5.75 Å². The minimum absolute atomic E-state index is 0.227. The zero-order valence-corrected chi connectivity index (χ0v) is 11.4. The van der Waals surface area contributed by atoms with Gasteiger partial charge in [-0.1, -0.05) is 17.7 Å². The van der Waals surface area contributed by atoms with Crippen molar-refractivity contribution in [3.8, 4) is 5.75 Å². The van der Waals surface area contributed by atoms with Gasteiger partial charge in [0.25, 0.3) is 0 Å². The van der Waals surface area contributed by atoms with Crippen molar-refractivity contribution in [3.05, 3.63) is 35.4 Å². The van der Waals surface area contributed by atoms with E-state index in [1.807, 2.05) is 0 Å². The lowest BCUT2D eigenvalue weighted by atomic mass is 10.0. The SMILES string of the molecule is CCOC(=O)C(=C(C)C)c1ccc(OC(F)(F)F)cc1. The number of hydrogen-bond acceptors (Lipinski definition) is 3. The quantitative estimate of drug-likeness (QED) is 0.622. The van der Waals surface area contributed by atoms with Crippen molar-refractivity contribution < 1.29 is 27.4 Å². The van der Waals surface area contributed by atoms with Gasteiger partial charge in [-0.2, -0.15) is 0 Å². The van der Waals surface area contributed by atoms with E-state index in [0.717, 1.165) is 12.1 Å². The van der Waals surface area contributed by atoms with Crippen molar-refractivity contribution >= 4 is 11.5 Å². The first-order chi connectivity index (χ1) is 9.24. The molecule has 6 heteroatoms. The molecule has 0 spiro atoms. The predicted octanol–water partition coefficient (Wildman–Crippen LogP) is 3.94. The van der Waals surface area contributed by atoms with Crippen LogP contribution in [-0.2, 0) is 9.53 Å². The number of hydrogen-bond donors (Lipinski definition) is 0. The molecule has 0 saturated heterocycles. The first kappa shape index (κ1) is 16.1. The summed E-state index contributed by atoms with van der Waals surface area (Å²) < 4.78 is 44.9. The van der Waals surface area contributed by atoms with E-state index in [4.69, 9.17) is 4.74 Å². The van der Waals surface area contributed by atoms with Gasteiger partial charge in [-0.3, -0.25) is 0 Å². The Hall–Kier alpha value is -1.98. The first-order valence-corrected chi connectivity index (χ1v) is 5.95. The Morgan fingerprint density at radius 3 is 2.10 bits per heavy atom. The van der Waals surface area contributed by atoms with E-state index in [0.29, 0.717) is 16.7 Å². The predicted molar refractivity (Wildman–Crippen MR) is 68.0 cm³/mol. The molecule has 1 rings (SSSR count). The zero-order valence-electron chi connectivity index (χ0n) is 11.4. The second kappa shape index (κ2) is 6.45. The van der Waals surface area contributed by atoms with Gasteiger partial charge < -0.3 is 9.47 Å². The molecule has 0 aliphatic carbocycles. The highest BCUT2D eigenvalue weighted by Gasteiger charge is 2.31. The molecule has 0 unspecified atom stereocenters. The molecule has 1 aromatic rings. The summed E-state index contributed by atoms with van der Waals surface area (Å²) in [6, 6.07) is 5.09. The molecule has 0 radical (unpaired) electrons. The second-order valence-corrected chi connectivity index (χ2v) is 4.17. The van der Waals surface area contributed by atoms with Crippen LogP contribution < -0.4 is 4.74 Å². The molecular weight excluding hydrogens is 273 g/mol. The number of esters is 1. The van der Waals surface area contributed by atoms with Gasteiger partial charge in [0, 0.05) is 0 Å². The standard InChI is InChI=1S/C14H15F3O3/c1-4-19-13(18)12(9(2)3)10-5-7-11(8-6-10)20-14(15,16)17/h5-8H,4H2,1-3H3. The number of alkyl halides is 3. The fourth-order valence-electron chi connectivity index (χ4n) is 1.64. The van der Waals surface area contributed by atoms with Crippen LogP contribution in [0.4, 0.5) is 13.2 Å². The normalized spacial score (nSPS) is 10.9. The third-order valence-corrected chi connectivity index (χ3v) is 2.36. The van der Waals surface area contributed by atoms with Gasteiger partial charge in [-0.25, -0.2) is 4.79 Å². The van der Waals surface area contributed by atoms with Crippen LogP contribution in [0.25, 0.3) is 5.57 Å². The lowest BCUT2D eigenvalue weighted by molar-refractivity contribution is -0.274. The molecule has 0 fully saturated rings. The van der Waals surface area contributed by atoms with Gasteiger partial charge in [0.2, 0.25) is 0 Å². The molecule has 110 valence electrons. The fourth-order valence-corrected chi connectivity index (χ4v) is 1.64. The van der Waals surface area contributed by atoms with Crippen LogP contribution in [0.15, 0.2) is 29.8 Å². The van der Waals surface area contributed by atoms with Gasteiger partial charge in [-0.15, -0.1) is 13.2 Å². The van der Waals surface area contributed by atoms with Gasteiger partial charge in [0.15, 0.2) is 0 Å². The maximum atomic E-state index is 12.1. The van der Waals surface area contributed by atoms with Gasteiger partial charge in [-0.05, 0) is 38.5 Å². The Morgan fingerprint density at radius 1 is 1.15 bits per heavy atom. The molecule has 0 aliphatic rings. The number of halogens is 3. The molecular formula is C14H15F3O3. The summed E-state index contributed by atoms with van der Waals surface area (Å²) in [6.45, 7) is 5.37. The van der Waals surface area contributed by atoms with E-state index in [1.54, 1.807) is 20.8 Å². The summed E-state index contributed by atoms with van der Waals surface area (Å²) in [6.07, 6.45) is -4.73. The number of rotatable bonds is 4. The Morgan fingerprint density at radius 2 is 1.70 bits per heavy atom. The van der Waals surface area contributed by atoms with E-state index < -0.39 is 12.3 Å². The number of carbonyl (C=O) groups is 1. The average molecular weight is 288 g/mol. The zero-order chi connectivity index (χ0) is 15.3. The Kier molecular flexibility index (Phi) is 5.19. The third kappa shape index (κ3) is 4.60. The molecule has 0 saturated carbocycles. The van der Waals surface area contributed by atoms with E-state index >= 15 is 0 Å². The Labute approximate surface area is 115 Å². The lowest BCUT2D eigenvalue weighted by Crippen LogP contribution is -2.17. The molecule has 0 aromatic heterocycles. The number of allylic oxidation sites excluding steroid dienone is 1. The molecule has 3 nitrogen and oxygen atoms in total. The van der Waals surface area contributed by atoms with E-state index in [1.165, 1.54) is 12.1 Å². The van der Waals surface area contributed by atoms with Crippen LogP contribution in [-0.4, -0.2) is 18.9 Å². The van der Waals surface area contributed by atoms with Crippen LogP contribution in [0.1, 0.15) is 26.3 Å². The molecule has 0 amide bonds. The van der Waals surface area contributed by atoms with Crippen molar-refractivity contribution in [3.63, 3.8) is 0 Å². The number of benzene rings is 1. The first-order valence-electron chi connectivity index (χ1n) is 5.95. The Bertz CT molecular complexity index is 497. The van der Waals surface area contributed by atoms with E-state index in [-0.39, 0.29) is 12.4 Å². The molecule has 0 atom stereocenters. The summed E-state index contributed by atoms with van der Waals surface area (Å²) >= 11 is 0. The lowest BCUT2D eigenvalue weighted by Gasteiger charge is -2.12. The number of ether oxygens (including phenoxy) is 2. The van der Waals surface area contributed by atoms with Gasteiger partial charge in [0.05, 0.1) is 12.2 Å². The van der Waals surface area contributed by atoms with Crippen LogP contribution in [0, 0.1) is 0 Å². The van der Waals surface area contributed by atoms with Crippen molar-refractivity contribution in [2.75, 3.05) is 6.61 Å². The molecule has 1 aromatic carbocycles. The minimum Gasteiger partial charge on any atom is -0.462 e. The maximum Gasteiger partial charge on any atom is 0.573 e. The van der Waals surface area contributed by atoms with Crippen molar-refractivity contribution in [2.24, 2.45) is 0 Å². The minimum atomic E-state index is -4.73. The third-order valence-electron chi connectivity index (χ3n) is 2.36.